The number of carbonyl (C=O) groups is 1. The first-order valence-electron chi connectivity index (χ1n) is 9.70. The SMILES string of the molecule is CC[C@H](CCNC(=O)c1cc(C2CC2)nc2c1c(C)nn2C)n1cccn1. The number of carbonyl (C=O) groups excluding carboxylic acids is 1. The Balaban J connectivity index is 1.53. The van der Waals surface area contributed by atoms with E-state index in [0.717, 1.165) is 48.1 Å². The Kier molecular flexibility index (Phi) is 4.68. The zero-order valence-electron chi connectivity index (χ0n) is 16.1. The molecule has 0 aromatic carbocycles. The Morgan fingerprint density at radius 3 is 2.89 bits per heavy atom. The molecule has 0 unspecified atom stereocenters. The molecule has 1 amide bonds. The van der Waals surface area contributed by atoms with Crippen LogP contribution in [-0.2, 0) is 7.05 Å². The Hall–Kier alpha value is -2.70. The van der Waals surface area contributed by atoms with Crippen LogP contribution in [0.15, 0.2) is 24.5 Å². The summed E-state index contributed by atoms with van der Waals surface area (Å²) < 4.78 is 3.74. The quantitative estimate of drug-likeness (QED) is 0.697. The zero-order valence-corrected chi connectivity index (χ0v) is 16.1. The number of aromatic nitrogens is 5. The summed E-state index contributed by atoms with van der Waals surface area (Å²) in [6.07, 6.45) is 7.89. The van der Waals surface area contributed by atoms with Gasteiger partial charge in [-0.05, 0) is 44.7 Å². The van der Waals surface area contributed by atoms with Crippen LogP contribution in [0.4, 0.5) is 0 Å². The van der Waals surface area contributed by atoms with Gasteiger partial charge in [0.25, 0.3) is 5.91 Å². The molecule has 0 aliphatic heterocycles. The molecule has 0 bridgehead atoms. The molecule has 1 aliphatic carbocycles. The minimum absolute atomic E-state index is 0.0456. The molecule has 0 spiro atoms. The van der Waals surface area contributed by atoms with Crippen LogP contribution < -0.4 is 5.32 Å². The van der Waals surface area contributed by atoms with Crippen molar-refractivity contribution in [3.8, 4) is 0 Å². The van der Waals surface area contributed by atoms with Gasteiger partial charge in [0.2, 0.25) is 0 Å². The fourth-order valence-electron chi connectivity index (χ4n) is 3.70. The molecular weight excluding hydrogens is 340 g/mol. The Morgan fingerprint density at radius 1 is 1.41 bits per heavy atom. The summed E-state index contributed by atoms with van der Waals surface area (Å²) in [6.45, 7) is 4.68. The van der Waals surface area contributed by atoms with Gasteiger partial charge in [-0.15, -0.1) is 0 Å². The van der Waals surface area contributed by atoms with Crippen LogP contribution in [0.1, 0.15) is 66.3 Å². The van der Waals surface area contributed by atoms with Gasteiger partial charge in [0, 0.05) is 37.6 Å². The van der Waals surface area contributed by atoms with E-state index in [-0.39, 0.29) is 5.91 Å². The third-order valence-corrected chi connectivity index (χ3v) is 5.36. The number of nitrogens with zero attached hydrogens (tertiary/aromatic N) is 5. The molecule has 4 rings (SSSR count). The lowest BCUT2D eigenvalue weighted by Gasteiger charge is -2.16. The number of hydrogen-bond acceptors (Lipinski definition) is 4. The number of hydrogen-bond donors (Lipinski definition) is 1. The van der Waals surface area contributed by atoms with Crippen molar-refractivity contribution in [2.75, 3.05) is 6.54 Å². The summed E-state index contributed by atoms with van der Waals surface area (Å²) in [7, 11) is 1.89. The minimum Gasteiger partial charge on any atom is -0.352 e. The molecule has 1 saturated carbocycles. The number of fused-ring (bicyclic) bond motifs is 1. The fraction of sp³-hybridized carbons (Fsp3) is 0.500. The largest absolute Gasteiger partial charge is 0.352 e. The molecule has 3 aromatic rings. The maximum Gasteiger partial charge on any atom is 0.252 e. The predicted octanol–water partition coefficient (Wildman–Crippen LogP) is 3.12. The molecule has 142 valence electrons. The van der Waals surface area contributed by atoms with E-state index in [0.29, 0.717) is 24.1 Å². The number of nitrogens with one attached hydrogen (secondary N) is 1. The topological polar surface area (TPSA) is 77.6 Å². The van der Waals surface area contributed by atoms with Crippen LogP contribution in [0, 0.1) is 6.92 Å². The average molecular weight is 366 g/mol. The van der Waals surface area contributed by atoms with Gasteiger partial charge in [-0.3, -0.25) is 14.2 Å². The van der Waals surface area contributed by atoms with Crippen LogP contribution in [-0.4, -0.2) is 37.0 Å². The van der Waals surface area contributed by atoms with Gasteiger partial charge in [0.05, 0.1) is 22.7 Å². The third kappa shape index (κ3) is 3.46. The Morgan fingerprint density at radius 2 is 2.22 bits per heavy atom. The first kappa shape index (κ1) is 17.7. The van der Waals surface area contributed by atoms with Crippen LogP contribution in [0.5, 0.6) is 0 Å². The molecule has 1 fully saturated rings. The summed E-state index contributed by atoms with van der Waals surface area (Å²) in [4.78, 5) is 17.7. The van der Waals surface area contributed by atoms with Crippen molar-refractivity contribution in [2.24, 2.45) is 7.05 Å². The van der Waals surface area contributed by atoms with Crippen molar-refractivity contribution in [2.45, 2.75) is 51.5 Å². The summed E-state index contributed by atoms with van der Waals surface area (Å²) in [6, 6.07) is 4.19. The molecule has 27 heavy (non-hydrogen) atoms. The van der Waals surface area contributed by atoms with Crippen LogP contribution in [0.3, 0.4) is 0 Å². The molecule has 1 atom stereocenters. The summed E-state index contributed by atoms with van der Waals surface area (Å²) >= 11 is 0. The molecule has 1 aliphatic rings. The van der Waals surface area contributed by atoms with Gasteiger partial charge in [-0.1, -0.05) is 6.92 Å². The van der Waals surface area contributed by atoms with E-state index in [1.807, 2.05) is 37.0 Å². The Labute approximate surface area is 158 Å². The minimum atomic E-state index is -0.0456. The van der Waals surface area contributed by atoms with Crippen molar-refractivity contribution in [1.82, 2.24) is 29.9 Å². The number of pyridine rings is 1. The van der Waals surface area contributed by atoms with Gasteiger partial charge in [0.1, 0.15) is 0 Å². The van der Waals surface area contributed by atoms with Gasteiger partial charge in [0.15, 0.2) is 5.65 Å². The van der Waals surface area contributed by atoms with E-state index in [2.05, 4.69) is 22.4 Å². The van der Waals surface area contributed by atoms with Gasteiger partial charge >= 0.3 is 0 Å². The van der Waals surface area contributed by atoms with Crippen LogP contribution >= 0.6 is 0 Å². The summed E-state index contributed by atoms with van der Waals surface area (Å²) in [5.41, 5.74) is 3.35. The maximum absolute atomic E-state index is 13.0. The second kappa shape index (κ2) is 7.13. The van der Waals surface area contributed by atoms with Gasteiger partial charge in [-0.25, -0.2) is 4.98 Å². The van der Waals surface area contributed by atoms with E-state index >= 15 is 0 Å². The lowest BCUT2D eigenvalue weighted by molar-refractivity contribution is 0.0952. The number of aryl methyl sites for hydroxylation is 2. The molecule has 3 aromatic heterocycles. The monoisotopic (exact) mass is 366 g/mol. The zero-order chi connectivity index (χ0) is 19.0. The Bertz CT molecular complexity index is 955. The summed E-state index contributed by atoms with van der Waals surface area (Å²) in [5, 5.41) is 12.7. The highest BCUT2D eigenvalue weighted by Gasteiger charge is 2.28. The van der Waals surface area contributed by atoms with E-state index in [1.165, 1.54) is 0 Å². The van der Waals surface area contributed by atoms with Crippen molar-refractivity contribution in [3.05, 3.63) is 41.5 Å². The van der Waals surface area contributed by atoms with Crippen molar-refractivity contribution in [3.63, 3.8) is 0 Å². The van der Waals surface area contributed by atoms with Crippen LogP contribution in [0.2, 0.25) is 0 Å². The molecular formula is C20H26N6O. The molecule has 7 nitrogen and oxygen atoms in total. The lowest BCUT2D eigenvalue weighted by Crippen LogP contribution is -2.27. The maximum atomic E-state index is 13.0. The highest BCUT2D eigenvalue weighted by molar-refractivity contribution is 6.06. The van der Waals surface area contributed by atoms with Crippen molar-refractivity contribution >= 4 is 16.9 Å². The number of amides is 1. The standard InChI is InChI=1S/C20H26N6O/c1-4-15(26-11-5-9-22-26)8-10-21-20(27)16-12-17(14-6-7-14)23-19-18(16)13(2)24-25(19)3/h5,9,11-12,14-15H,4,6-8,10H2,1-3H3,(H,21,27)/t15-/m1/s1. The molecule has 1 N–H and O–H groups in total. The predicted molar refractivity (Wildman–Crippen MR) is 104 cm³/mol. The van der Waals surface area contributed by atoms with Gasteiger partial charge in [-0.2, -0.15) is 10.2 Å². The molecule has 3 heterocycles. The van der Waals surface area contributed by atoms with E-state index in [9.17, 15) is 4.79 Å². The fourth-order valence-corrected chi connectivity index (χ4v) is 3.70. The van der Waals surface area contributed by atoms with Crippen molar-refractivity contribution in [1.29, 1.82) is 0 Å². The highest BCUT2D eigenvalue weighted by atomic mass is 16.1. The first-order valence-corrected chi connectivity index (χ1v) is 9.70. The second-order valence-electron chi connectivity index (χ2n) is 7.37. The van der Waals surface area contributed by atoms with E-state index in [1.54, 1.807) is 10.9 Å². The van der Waals surface area contributed by atoms with Gasteiger partial charge < -0.3 is 5.32 Å². The normalized spacial score (nSPS) is 15.2. The van der Waals surface area contributed by atoms with Crippen LogP contribution in [0.25, 0.3) is 11.0 Å². The highest BCUT2D eigenvalue weighted by Crippen LogP contribution is 2.40. The lowest BCUT2D eigenvalue weighted by atomic mass is 10.1. The smallest absolute Gasteiger partial charge is 0.252 e. The number of rotatable bonds is 7. The third-order valence-electron chi connectivity index (χ3n) is 5.36. The average Bonchev–Trinajstić information content (AvgIpc) is 3.30. The molecule has 7 heteroatoms. The molecule has 0 saturated heterocycles. The summed E-state index contributed by atoms with van der Waals surface area (Å²) in [5.74, 6) is 0.441. The van der Waals surface area contributed by atoms with E-state index in [4.69, 9.17) is 4.98 Å². The molecule has 0 radical (unpaired) electrons. The first-order chi connectivity index (χ1) is 13.1. The van der Waals surface area contributed by atoms with Crippen molar-refractivity contribution < 1.29 is 4.79 Å². The van der Waals surface area contributed by atoms with E-state index < -0.39 is 0 Å². The second-order valence-corrected chi connectivity index (χ2v) is 7.37.